The van der Waals surface area contributed by atoms with Gasteiger partial charge in [0, 0.05) is 16.7 Å². The van der Waals surface area contributed by atoms with Crippen LogP contribution in [0.1, 0.15) is 15.9 Å². The number of aromatic amines is 1. The summed E-state index contributed by atoms with van der Waals surface area (Å²) < 4.78 is 12.4. The van der Waals surface area contributed by atoms with E-state index in [9.17, 15) is 4.79 Å². The Morgan fingerprint density at radius 1 is 1.08 bits per heavy atom. The van der Waals surface area contributed by atoms with Crippen molar-refractivity contribution in [1.29, 1.82) is 0 Å². The van der Waals surface area contributed by atoms with Gasteiger partial charge in [-0.25, -0.2) is 4.98 Å². The van der Waals surface area contributed by atoms with Crippen LogP contribution < -0.4 is 14.8 Å². The molecule has 194 valence electrons. The number of anilines is 1. The van der Waals surface area contributed by atoms with Crippen LogP contribution in [-0.4, -0.2) is 51.1 Å². The summed E-state index contributed by atoms with van der Waals surface area (Å²) in [7, 11) is 1.62. The highest BCUT2D eigenvalue weighted by Crippen LogP contribution is 2.28. The van der Waals surface area contributed by atoms with Crippen LogP contribution in [0.3, 0.4) is 0 Å². The number of aliphatic hydroxyl groups excluding tert-OH is 1. The molecule has 0 radical (unpaired) electrons. The second-order valence-corrected chi connectivity index (χ2v) is 9.18. The number of halogens is 2. The Labute approximate surface area is 227 Å². The van der Waals surface area contributed by atoms with E-state index < -0.39 is 5.91 Å². The lowest BCUT2D eigenvalue weighted by molar-refractivity contribution is 0.102. The normalized spacial score (nSPS) is 11.1. The fraction of sp³-hybridized carbons (Fsp3) is 0.148. The summed E-state index contributed by atoms with van der Waals surface area (Å²) in [6.07, 6.45) is 0. The summed E-state index contributed by atoms with van der Waals surface area (Å²) in [6, 6.07) is 19.5. The Morgan fingerprint density at radius 3 is 2.63 bits per heavy atom. The van der Waals surface area contributed by atoms with E-state index in [1.807, 2.05) is 30.3 Å². The number of nitrogens with zero attached hydrogens (tertiary/aromatic N) is 3. The number of carbonyl (C=O) groups is 1. The number of fused-ring (bicyclic) bond motifs is 1. The number of imidazole rings is 1. The Morgan fingerprint density at radius 2 is 1.89 bits per heavy atom. The Bertz CT molecular complexity index is 1600. The molecule has 38 heavy (non-hydrogen) atoms. The molecule has 0 saturated carbocycles. The lowest BCUT2D eigenvalue weighted by Crippen LogP contribution is -2.13. The third kappa shape index (κ3) is 5.60. The molecule has 0 aliphatic rings. The molecule has 2 heterocycles. The van der Waals surface area contributed by atoms with E-state index in [2.05, 4.69) is 20.4 Å². The molecule has 5 rings (SSSR count). The summed E-state index contributed by atoms with van der Waals surface area (Å²) in [5.41, 5.74) is 3.53. The minimum atomic E-state index is -0.391. The van der Waals surface area contributed by atoms with Crippen molar-refractivity contribution in [2.75, 3.05) is 25.6 Å². The van der Waals surface area contributed by atoms with Gasteiger partial charge in [-0.05, 0) is 54.1 Å². The van der Waals surface area contributed by atoms with Gasteiger partial charge in [0.1, 0.15) is 23.8 Å². The molecule has 0 aliphatic heterocycles. The largest absolute Gasteiger partial charge is 0.497 e. The Balaban J connectivity index is 1.45. The number of aromatic nitrogens is 4. The van der Waals surface area contributed by atoms with Gasteiger partial charge in [0.15, 0.2) is 11.6 Å². The van der Waals surface area contributed by atoms with Crippen molar-refractivity contribution in [3.8, 4) is 23.0 Å². The maximum absolute atomic E-state index is 13.0. The van der Waals surface area contributed by atoms with Crippen LogP contribution in [-0.2, 0) is 6.54 Å². The number of H-pyrrole nitrogens is 1. The fourth-order valence-electron chi connectivity index (χ4n) is 3.90. The third-order valence-corrected chi connectivity index (χ3v) is 6.27. The highest BCUT2D eigenvalue weighted by atomic mass is 35.5. The second-order valence-electron chi connectivity index (χ2n) is 8.34. The molecule has 11 heteroatoms. The number of ether oxygens (including phenoxy) is 2. The van der Waals surface area contributed by atoms with E-state index >= 15 is 0 Å². The molecular weight excluding hydrogens is 529 g/mol. The number of nitrogens with one attached hydrogen (secondary N) is 2. The van der Waals surface area contributed by atoms with Gasteiger partial charge in [-0.1, -0.05) is 35.3 Å². The predicted molar refractivity (Wildman–Crippen MR) is 146 cm³/mol. The van der Waals surface area contributed by atoms with Crippen molar-refractivity contribution in [3.05, 3.63) is 87.9 Å². The van der Waals surface area contributed by atoms with Crippen molar-refractivity contribution in [1.82, 2.24) is 19.7 Å². The maximum atomic E-state index is 13.0. The smallest absolute Gasteiger partial charge is 0.256 e. The molecule has 0 aliphatic carbocycles. The first-order chi connectivity index (χ1) is 18.4. The van der Waals surface area contributed by atoms with Gasteiger partial charge in [0.2, 0.25) is 0 Å². The van der Waals surface area contributed by atoms with E-state index in [1.165, 1.54) is 6.07 Å². The van der Waals surface area contributed by atoms with Crippen molar-refractivity contribution >= 4 is 46.0 Å². The Hall–Kier alpha value is -4.05. The monoisotopic (exact) mass is 551 g/mol. The SMILES string of the molecule is COc1ccc(Cn2nc(NC(=O)c3ccc(OCCO)c(Cl)c3)cc2-c2nc3cc(Cl)ccc3[nH]2)cc1. The molecule has 2 aromatic heterocycles. The molecule has 0 atom stereocenters. The average Bonchev–Trinajstić information content (AvgIpc) is 3.51. The molecule has 1 amide bonds. The van der Waals surface area contributed by atoms with Gasteiger partial charge in [-0.2, -0.15) is 5.10 Å². The minimum Gasteiger partial charge on any atom is -0.497 e. The number of methoxy groups -OCH3 is 1. The van der Waals surface area contributed by atoms with Gasteiger partial charge >= 0.3 is 0 Å². The van der Waals surface area contributed by atoms with Crippen molar-refractivity contribution in [3.63, 3.8) is 0 Å². The summed E-state index contributed by atoms with van der Waals surface area (Å²) in [6.45, 7) is 0.391. The predicted octanol–water partition coefficient (Wildman–Crippen LogP) is 5.41. The van der Waals surface area contributed by atoms with Crippen molar-refractivity contribution < 1.29 is 19.4 Å². The molecule has 9 nitrogen and oxygen atoms in total. The number of hydrogen-bond donors (Lipinski definition) is 3. The van der Waals surface area contributed by atoms with E-state index in [-0.39, 0.29) is 18.2 Å². The van der Waals surface area contributed by atoms with Gasteiger partial charge < -0.3 is 24.9 Å². The third-order valence-electron chi connectivity index (χ3n) is 5.74. The molecule has 3 N–H and O–H groups in total. The Kier molecular flexibility index (Phi) is 7.50. The first-order valence-corrected chi connectivity index (χ1v) is 12.4. The summed E-state index contributed by atoms with van der Waals surface area (Å²) >= 11 is 12.4. The number of aliphatic hydroxyl groups is 1. The fourth-order valence-corrected chi connectivity index (χ4v) is 4.30. The summed E-state index contributed by atoms with van der Waals surface area (Å²) in [5.74, 6) is 1.67. The first kappa shape index (κ1) is 25.6. The van der Waals surface area contributed by atoms with Crippen LogP contribution in [0.5, 0.6) is 11.5 Å². The maximum Gasteiger partial charge on any atom is 0.256 e. The van der Waals surface area contributed by atoms with E-state index in [1.54, 1.807) is 42.1 Å². The van der Waals surface area contributed by atoms with Crippen molar-refractivity contribution in [2.45, 2.75) is 6.54 Å². The lowest BCUT2D eigenvalue weighted by Gasteiger charge is -2.08. The lowest BCUT2D eigenvalue weighted by atomic mass is 10.2. The minimum absolute atomic E-state index is 0.105. The van der Waals surface area contributed by atoms with Gasteiger partial charge in [0.25, 0.3) is 5.91 Å². The van der Waals surface area contributed by atoms with Gasteiger partial charge in [0.05, 0.1) is 36.3 Å². The number of hydrogen-bond acceptors (Lipinski definition) is 6. The quantitative estimate of drug-likeness (QED) is 0.225. The molecule has 0 spiro atoms. The summed E-state index contributed by atoms with van der Waals surface area (Å²) in [5, 5.41) is 17.3. The zero-order chi connectivity index (χ0) is 26.6. The van der Waals surface area contributed by atoms with Crippen LogP contribution in [0.4, 0.5) is 5.82 Å². The highest BCUT2D eigenvalue weighted by Gasteiger charge is 2.17. The molecule has 0 fully saturated rings. The molecule has 5 aromatic rings. The van der Waals surface area contributed by atoms with Crippen LogP contribution in [0.25, 0.3) is 22.6 Å². The second kappa shape index (κ2) is 11.1. The first-order valence-electron chi connectivity index (χ1n) is 11.6. The number of carbonyl (C=O) groups excluding carboxylic acids is 1. The molecule has 0 unspecified atom stereocenters. The van der Waals surface area contributed by atoms with Gasteiger partial charge in [-0.3, -0.25) is 9.48 Å². The van der Waals surface area contributed by atoms with E-state index in [0.717, 1.165) is 16.8 Å². The summed E-state index contributed by atoms with van der Waals surface area (Å²) in [4.78, 5) is 21.0. The molecule has 0 saturated heterocycles. The van der Waals surface area contributed by atoms with Crippen LogP contribution in [0.15, 0.2) is 66.7 Å². The van der Waals surface area contributed by atoms with E-state index in [0.29, 0.717) is 45.7 Å². The topological polar surface area (TPSA) is 114 Å². The van der Waals surface area contributed by atoms with Crippen LogP contribution in [0, 0.1) is 0 Å². The van der Waals surface area contributed by atoms with Gasteiger partial charge in [-0.15, -0.1) is 0 Å². The van der Waals surface area contributed by atoms with Crippen LogP contribution in [0.2, 0.25) is 10.0 Å². The van der Waals surface area contributed by atoms with Crippen molar-refractivity contribution in [2.24, 2.45) is 0 Å². The zero-order valence-corrected chi connectivity index (χ0v) is 21.8. The molecule has 3 aromatic carbocycles. The number of amides is 1. The number of benzene rings is 3. The molecule has 0 bridgehead atoms. The van der Waals surface area contributed by atoms with E-state index in [4.69, 9.17) is 37.8 Å². The van der Waals surface area contributed by atoms with Crippen LogP contribution >= 0.6 is 23.2 Å². The standard InChI is InChI=1S/C27H23Cl2N5O4/c1-37-19-6-2-16(3-7-19)15-34-23(26-30-21-8-5-18(28)13-22(21)31-26)14-25(33-34)32-27(36)17-4-9-24(20(29)12-17)38-11-10-35/h2-9,12-14,35H,10-11,15H2,1H3,(H,30,31)(H,32,33,36). The molecular formula is C27H23Cl2N5O4. The highest BCUT2D eigenvalue weighted by molar-refractivity contribution is 6.32. The average molecular weight is 552 g/mol. The number of rotatable bonds is 9. The zero-order valence-electron chi connectivity index (χ0n) is 20.2.